The van der Waals surface area contributed by atoms with E-state index in [1.165, 1.54) is 6.07 Å². The van der Waals surface area contributed by atoms with Crippen LogP contribution >= 0.6 is 0 Å². The average molecular weight is 384 g/mol. The first-order valence-electron chi connectivity index (χ1n) is 8.52. The van der Waals surface area contributed by atoms with E-state index in [4.69, 9.17) is 4.74 Å². The van der Waals surface area contributed by atoms with Crippen molar-refractivity contribution in [2.24, 2.45) is 0 Å². The Hall–Kier alpha value is -3.55. The number of nitrogens with one attached hydrogen (secondary N) is 2. The molecular formula is C20H18F2N4O2. The summed E-state index contributed by atoms with van der Waals surface area (Å²) in [6, 6.07) is 13.9. The molecule has 0 aliphatic heterocycles. The van der Waals surface area contributed by atoms with E-state index in [1.807, 2.05) is 24.3 Å². The molecule has 144 valence electrons. The van der Waals surface area contributed by atoms with Crippen molar-refractivity contribution in [3.63, 3.8) is 0 Å². The number of carbonyl (C=O) groups is 1. The van der Waals surface area contributed by atoms with Crippen LogP contribution in [-0.4, -0.2) is 29.8 Å². The number of carbonyl (C=O) groups excluding carboxylic acids is 1. The van der Waals surface area contributed by atoms with E-state index in [2.05, 4.69) is 20.8 Å². The minimum atomic E-state index is -1.09. The largest absolute Gasteiger partial charge is 0.497 e. The number of ether oxygens (including phenoxy) is 1. The van der Waals surface area contributed by atoms with Crippen molar-refractivity contribution >= 4 is 17.5 Å². The third-order valence-corrected chi connectivity index (χ3v) is 3.94. The third kappa shape index (κ3) is 5.00. The highest BCUT2D eigenvalue weighted by Gasteiger charge is 2.11. The number of amides is 1. The molecule has 1 aromatic heterocycles. The normalized spacial score (nSPS) is 10.4. The predicted molar refractivity (Wildman–Crippen MR) is 102 cm³/mol. The number of hydrogen-bond acceptors (Lipinski definition) is 5. The number of anilines is 2. The number of methoxy groups -OCH3 is 1. The molecule has 0 saturated carbocycles. The lowest BCUT2D eigenvalue weighted by Gasteiger charge is -2.08. The molecule has 0 bridgehead atoms. The Labute approximate surface area is 160 Å². The third-order valence-electron chi connectivity index (χ3n) is 3.94. The van der Waals surface area contributed by atoms with E-state index < -0.39 is 17.5 Å². The molecule has 2 N–H and O–H groups in total. The van der Waals surface area contributed by atoms with Crippen LogP contribution in [-0.2, 0) is 6.42 Å². The summed E-state index contributed by atoms with van der Waals surface area (Å²) in [5.74, 6) is -1.15. The van der Waals surface area contributed by atoms with Crippen LogP contribution < -0.4 is 15.4 Å². The molecule has 0 radical (unpaired) electrons. The Morgan fingerprint density at radius 1 is 1.00 bits per heavy atom. The lowest BCUT2D eigenvalue weighted by molar-refractivity contribution is 0.102. The van der Waals surface area contributed by atoms with Gasteiger partial charge < -0.3 is 15.4 Å². The summed E-state index contributed by atoms with van der Waals surface area (Å²) >= 11 is 0. The van der Waals surface area contributed by atoms with Crippen LogP contribution in [0, 0.1) is 11.6 Å². The van der Waals surface area contributed by atoms with Crippen molar-refractivity contribution in [1.29, 1.82) is 0 Å². The predicted octanol–water partition coefficient (Wildman–Crippen LogP) is 3.67. The van der Waals surface area contributed by atoms with Gasteiger partial charge in [-0.15, -0.1) is 10.2 Å². The van der Waals surface area contributed by atoms with Gasteiger partial charge in [0.1, 0.15) is 11.6 Å². The molecule has 0 fully saturated rings. The van der Waals surface area contributed by atoms with Crippen LogP contribution in [0.15, 0.2) is 54.6 Å². The van der Waals surface area contributed by atoms with Gasteiger partial charge in [0, 0.05) is 12.1 Å². The van der Waals surface area contributed by atoms with Gasteiger partial charge in [-0.1, -0.05) is 12.1 Å². The van der Waals surface area contributed by atoms with E-state index in [0.717, 1.165) is 29.9 Å². The Morgan fingerprint density at radius 3 is 2.50 bits per heavy atom. The molecule has 3 rings (SSSR count). The number of halogens is 2. The zero-order valence-corrected chi connectivity index (χ0v) is 15.1. The van der Waals surface area contributed by atoms with Crippen LogP contribution in [0.2, 0.25) is 0 Å². The van der Waals surface area contributed by atoms with Gasteiger partial charge in [-0.25, -0.2) is 8.78 Å². The summed E-state index contributed by atoms with van der Waals surface area (Å²) < 4.78 is 31.3. The van der Waals surface area contributed by atoms with Gasteiger partial charge >= 0.3 is 0 Å². The van der Waals surface area contributed by atoms with Crippen molar-refractivity contribution in [3.8, 4) is 5.75 Å². The maximum atomic E-state index is 13.2. The fraction of sp³-hybridized carbons (Fsp3) is 0.150. The van der Waals surface area contributed by atoms with Crippen molar-refractivity contribution in [3.05, 3.63) is 77.4 Å². The summed E-state index contributed by atoms with van der Waals surface area (Å²) in [6.45, 7) is 0.641. The molecule has 1 amide bonds. The zero-order chi connectivity index (χ0) is 19.9. The molecule has 8 heteroatoms. The molecule has 0 aliphatic rings. The Bertz CT molecular complexity index is 965. The van der Waals surface area contributed by atoms with Gasteiger partial charge in [0.15, 0.2) is 17.5 Å². The maximum Gasteiger partial charge on any atom is 0.256 e. The smallest absolute Gasteiger partial charge is 0.256 e. The first-order valence-corrected chi connectivity index (χ1v) is 8.52. The number of aromatic nitrogens is 2. The second-order valence-corrected chi connectivity index (χ2v) is 5.92. The second kappa shape index (κ2) is 8.90. The minimum Gasteiger partial charge on any atom is -0.497 e. The molecule has 0 atom stereocenters. The van der Waals surface area contributed by atoms with Crippen molar-refractivity contribution < 1.29 is 18.3 Å². The standard InChI is InChI=1S/C20H18F2N4O2/c1-28-15-4-2-3-13(11-15)9-10-23-18-7-8-19(26-25-18)24-20(27)14-5-6-16(21)17(22)12-14/h2-8,11-12H,9-10H2,1H3,(H,23,25)(H,24,26,27). The van der Waals surface area contributed by atoms with Crippen LogP contribution in [0.4, 0.5) is 20.4 Å². The zero-order valence-electron chi connectivity index (χ0n) is 15.1. The van der Waals surface area contributed by atoms with Crippen LogP contribution in [0.5, 0.6) is 5.75 Å². The number of rotatable bonds is 7. The minimum absolute atomic E-state index is 0.0128. The Morgan fingerprint density at radius 2 is 1.79 bits per heavy atom. The highest BCUT2D eigenvalue weighted by Crippen LogP contribution is 2.14. The van der Waals surface area contributed by atoms with Gasteiger partial charge in [0.25, 0.3) is 5.91 Å². The van der Waals surface area contributed by atoms with Gasteiger partial charge in [0.05, 0.1) is 7.11 Å². The fourth-order valence-corrected chi connectivity index (χ4v) is 2.48. The Balaban J connectivity index is 1.52. The average Bonchev–Trinajstić information content (AvgIpc) is 2.71. The lowest BCUT2D eigenvalue weighted by Crippen LogP contribution is -2.14. The molecule has 0 aliphatic carbocycles. The van der Waals surface area contributed by atoms with Crippen LogP contribution in [0.25, 0.3) is 0 Å². The molecule has 2 aromatic carbocycles. The summed E-state index contributed by atoms with van der Waals surface area (Å²) in [5.41, 5.74) is 1.11. The van der Waals surface area contributed by atoms with E-state index >= 15 is 0 Å². The Kier molecular flexibility index (Phi) is 6.11. The highest BCUT2D eigenvalue weighted by atomic mass is 19.2. The van der Waals surface area contributed by atoms with Gasteiger partial charge in [-0.05, 0) is 54.4 Å². The van der Waals surface area contributed by atoms with Crippen molar-refractivity contribution in [2.75, 3.05) is 24.3 Å². The maximum absolute atomic E-state index is 13.2. The molecule has 0 spiro atoms. The van der Waals surface area contributed by atoms with Crippen molar-refractivity contribution in [1.82, 2.24) is 10.2 Å². The first kappa shape index (κ1) is 19.2. The monoisotopic (exact) mass is 384 g/mol. The molecule has 3 aromatic rings. The lowest BCUT2D eigenvalue weighted by atomic mass is 10.1. The SMILES string of the molecule is COc1cccc(CCNc2ccc(NC(=O)c3ccc(F)c(F)c3)nn2)c1. The molecule has 6 nitrogen and oxygen atoms in total. The summed E-state index contributed by atoms with van der Waals surface area (Å²) in [5, 5.41) is 13.5. The molecule has 0 unspecified atom stereocenters. The molecular weight excluding hydrogens is 366 g/mol. The summed E-state index contributed by atoms with van der Waals surface area (Å²) in [6.07, 6.45) is 0.771. The number of benzene rings is 2. The molecule has 28 heavy (non-hydrogen) atoms. The second-order valence-electron chi connectivity index (χ2n) is 5.92. The topological polar surface area (TPSA) is 76.1 Å². The van der Waals surface area contributed by atoms with Gasteiger partial charge in [0.2, 0.25) is 0 Å². The summed E-state index contributed by atoms with van der Waals surface area (Å²) in [4.78, 5) is 12.0. The molecule has 0 saturated heterocycles. The van der Waals surface area contributed by atoms with E-state index in [-0.39, 0.29) is 11.4 Å². The highest BCUT2D eigenvalue weighted by molar-refractivity contribution is 6.03. The quantitative estimate of drug-likeness (QED) is 0.650. The summed E-state index contributed by atoms with van der Waals surface area (Å²) in [7, 11) is 1.62. The van der Waals surface area contributed by atoms with E-state index in [9.17, 15) is 13.6 Å². The van der Waals surface area contributed by atoms with Gasteiger partial charge in [-0.2, -0.15) is 0 Å². The van der Waals surface area contributed by atoms with E-state index in [1.54, 1.807) is 19.2 Å². The first-order chi connectivity index (χ1) is 13.5. The molecule has 1 heterocycles. The van der Waals surface area contributed by atoms with Gasteiger partial charge in [-0.3, -0.25) is 4.79 Å². The number of hydrogen-bond donors (Lipinski definition) is 2. The fourth-order valence-electron chi connectivity index (χ4n) is 2.48. The number of nitrogens with zero attached hydrogens (tertiary/aromatic N) is 2. The van der Waals surface area contributed by atoms with Crippen molar-refractivity contribution in [2.45, 2.75) is 6.42 Å². The van der Waals surface area contributed by atoms with Crippen LogP contribution in [0.1, 0.15) is 15.9 Å². The van der Waals surface area contributed by atoms with E-state index in [0.29, 0.717) is 12.4 Å². The van der Waals surface area contributed by atoms with Crippen LogP contribution in [0.3, 0.4) is 0 Å².